The average molecular weight is 305 g/mol. The van der Waals surface area contributed by atoms with Crippen LogP contribution < -0.4 is 0 Å². The molecule has 5 nitrogen and oxygen atoms in total. The highest BCUT2D eigenvalue weighted by atomic mass is 32.2. The molecule has 0 saturated carbocycles. The number of hydrogen-bond donors (Lipinski definition) is 1. The van der Waals surface area contributed by atoms with Crippen LogP contribution in [0.15, 0.2) is 52.0 Å². The molecule has 1 N–H and O–H groups in total. The van der Waals surface area contributed by atoms with Gasteiger partial charge in [0, 0.05) is 13.6 Å². The maximum atomic E-state index is 12.0. The number of aromatic carboxylic acids is 1. The lowest BCUT2D eigenvalue weighted by Crippen LogP contribution is -2.27. The molecule has 0 unspecified atom stereocenters. The van der Waals surface area contributed by atoms with Crippen LogP contribution in [0.1, 0.15) is 16.1 Å². The van der Waals surface area contributed by atoms with Crippen molar-refractivity contribution in [2.45, 2.75) is 11.6 Å². The van der Waals surface area contributed by atoms with Crippen molar-refractivity contribution in [2.75, 3.05) is 12.8 Å². The number of carbonyl (C=O) groups is 2. The van der Waals surface area contributed by atoms with Crippen LogP contribution in [0, 0.1) is 0 Å². The molecule has 21 heavy (non-hydrogen) atoms. The molecule has 0 fully saturated rings. The molecule has 2 rings (SSSR count). The van der Waals surface area contributed by atoms with Crippen molar-refractivity contribution in [3.8, 4) is 0 Å². The number of carbonyl (C=O) groups excluding carboxylic acids is 1. The van der Waals surface area contributed by atoms with Crippen LogP contribution in [0.25, 0.3) is 0 Å². The summed E-state index contributed by atoms with van der Waals surface area (Å²) in [5, 5.41) is 9.17. The Morgan fingerprint density at radius 3 is 2.52 bits per heavy atom. The van der Waals surface area contributed by atoms with Gasteiger partial charge in [-0.15, -0.1) is 0 Å². The number of hydrogen-bond acceptors (Lipinski definition) is 4. The van der Waals surface area contributed by atoms with Crippen LogP contribution >= 0.6 is 11.8 Å². The Balaban J connectivity index is 1.84. The fourth-order valence-electron chi connectivity index (χ4n) is 1.70. The monoisotopic (exact) mass is 305 g/mol. The minimum atomic E-state index is -1.12. The molecule has 1 heterocycles. The van der Waals surface area contributed by atoms with E-state index in [9.17, 15) is 9.59 Å². The van der Waals surface area contributed by atoms with Gasteiger partial charge in [-0.3, -0.25) is 4.79 Å². The van der Waals surface area contributed by atoms with Crippen LogP contribution in [-0.2, 0) is 11.3 Å². The highest BCUT2D eigenvalue weighted by molar-refractivity contribution is 7.99. The van der Waals surface area contributed by atoms with Crippen LogP contribution in [0.3, 0.4) is 0 Å². The Bertz CT molecular complexity index is 624. The second kappa shape index (κ2) is 6.99. The predicted octanol–water partition coefficient (Wildman–Crippen LogP) is 2.73. The number of benzene rings is 1. The smallest absolute Gasteiger partial charge is 0.371 e. The van der Waals surface area contributed by atoms with Gasteiger partial charge in [-0.2, -0.15) is 0 Å². The van der Waals surface area contributed by atoms with Crippen molar-refractivity contribution in [3.63, 3.8) is 0 Å². The summed E-state index contributed by atoms with van der Waals surface area (Å²) < 4.78 is 5.09. The first-order chi connectivity index (χ1) is 10.1. The minimum Gasteiger partial charge on any atom is -0.475 e. The van der Waals surface area contributed by atoms with Crippen molar-refractivity contribution >= 4 is 23.6 Å². The Morgan fingerprint density at radius 1 is 1.19 bits per heavy atom. The van der Waals surface area contributed by atoms with Gasteiger partial charge >= 0.3 is 5.97 Å². The van der Waals surface area contributed by atoms with E-state index in [1.165, 1.54) is 17.8 Å². The molecule has 0 spiro atoms. The number of rotatable bonds is 6. The van der Waals surface area contributed by atoms with E-state index in [-0.39, 0.29) is 17.4 Å². The zero-order chi connectivity index (χ0) is 15.2. The molecule has 0 aliphatic heterocycles. The van der Waals surface area contributed by atoms with Crippen molar-refractivity contribution in [3.05, 3.63) is 53.8 Å². The summed E-state index contributed by atoms with van der Waals surface area (Å²) >= 11 is 1.18. The molecule has 1 aromatic heterocycles. The largest absolute Gasteiger partial charge is 0.475 e. The quantitative estimate of drug-likeness (QED) is 0.831. The normalized spacial score (nSPS) is 10.3. The number of furan rings is 1. The summed E-state index contributed by atoms with van der Waals surface area (Å²) in [7, 11) is 1.74. The molecule has 1 aromatic carbocycles. The van der Waals surface area contributed by atoms with E-state index in [1.807, 2.05) is 30.3 Å². The molecular formula is C15H15NO4S. The SMILES string of the molecule is CN(Cc1ccccc1)C(=O)CSc1ccc(C(=O)O)o1. The fourth-order valence-corrected chi connectivity index (χ4v) is 2.50. The Morgan fingerprint density at radius 2 is 1.90 bits per heavy atom. The second-order valence-corrected chi connectivity index (χ2v) is 5.43. The van der Waals surface area contributed by atoms with Gasteiger partial charge in [-0.1, -0.05) is 42.1 Å². The maximum Gasteiger partial charge on any atom is 0.371 e. The predicted molar refractivity (Wildman–Crippen MR) is 79.3 cm³/mol. The highest BCUT2D eigenvalue weighted by Crippen LogP contribution is 2.21. The van der Waals surface area contributed by atoms with Gasteiger partial charge in [0.15, 0.2) is 5.09 Å². The van der Waals surface area contributed by atoms with Gasteiger partial charge in [-0.05, 0) is 17.7 Å². The van der Waals surface area contributed by atoms with Crippen molar-refractivity contribution in [1.29, 1.82) is 0 Å². The lowest BCUT2D eigenvalue weighted by Gasteiger charge is -2.16. The van der Waals surface area contributed by atoms with E-state index in [4.69, 9.17) is 9.52 Å². The zero-order valence-corrected chi connectivity index (χ0v) is 12.3. The second-order valence-electron chi connectivity index (χ2n) is 4.45. The van der Waals surface area contributed by atoms with Gasteiger partial charge < -0.3 is 14.4 Å². The molecule has 0 atom stereocenters. The summed E-state index contributed by atoms with van der Waals surface area (Å²) in [5.74, 6) is -1.08. The van der Waals surface area contributed by atoms with E-state index in [0.717, 1.165) is 5.56 Å². The molecular weight excluding hydrogens is 290 g/mol. The number of nitrogens with zero attached hydrogens (tertiary/aromatic N) is 1. The molecule has 0 bridgehead atoms. The molecule has 0 aliphatic rings. The number of carboxylic acids is 1. The van der Waals surface area contributed by atoms with E-state index in [0.29, 0.717) is 11.6 Å². The van der Waals surface area contributed by atoms with Gasteiger partial charge in [0.2, 0.25) is 11.7 Å². The Hall–Kier alpha value is -2.21. The van der Waals surface area contributed by atoms with Crippen molar-refractivity contribution in [1.82, 2.24) is 4.90 Å². The molecule has 0 saturated heterocycles. The zero-order valence-electron chi connectivity index (χ0n) is 11.5. The van der Waals surface area contributed by atoms with Crippen molar-refractivity contribution in [2.24, 2.45) is 0 Å². The third kappa shape index (κ3) is 4.39. The minimum absolute atomic E-state index is 0.0443. The number of carboxylic acid groups (broad SMARTS) is 1. The van der Waals surface area contributed by atoms with Crippen LogP contribution in [0.5, 0.6) is 0 Å². The van der Waals surface area contributed by atoms with Gasteiger partial charge in [0.1, 0.15) is 0 Å². The van der Waals surface area contributed by atoms with Gasteiger partial charge in [-0.25, -0.2) is 4.79 Å². The Labute approximate surface area is 126 Å². The highest BCUT2D eigenvalue weighted by Gasteiger charge is 2.13. The topological polar surface area (TPSA) is 70.8 Å². The molecule has 110 valence electrons. The first kappa shape index (κ1) is 15.2. The number of thioether (sulfide) groups is 1. The van der Waals surface area contributed by atoms with Crippen LogP contribution in [0.4, 0.5) is 0 Å². The molecule has 0 aliphatic carbocycles. The lowest BCUT2D eigenvalue weighted by atomic mass is 10.2. The number of amides is 1. The summed E-state index contributed by atoms with van der Waals surface area (Å²) in [6.45, 7) is 0.540. The van der Waals surface area contributed by atoms with E-state index in [2.05, 4.69) is 0 Å². The summed E-state index contributed by atoms with van der Waals surface area (Å²) in [4.78, 5) is 24.3. The van der Waals surface area contributed by atoms with E-state index < -0.39 is 5.97 Å². The lowest BCUT2D eigenvalue weighted by molar-refractivity contribution is -0.127. The third-order valence-electron chi connectivity index (χ3n) is 2.82. The van der Waals surface area contributed by atoms with E-state index in [1.54, 1.807) is 18.0 Å². The Kier molecular flexibility index (Phi) is 5.05. The molecule has 2 aromatic rings. The molecule has 1 amide bonds. The maximum absolute atomic E-state index is 12.0. The third-order valence-corrected chi connectivity index (χ3v) is 3.71. The fraction of sp³-hybridized carbons (Fsp3) is 0.200. The summed E-state index contributed by atoms with van der Waals surface area (Å²) in [6, 6.07) is 12.6. The summed E-state index contributed by atoms with van der Waals surface area (Å²) in [6.07, 6.45) is 0. The van der Waals surface area contributed by atoms with Gasteiger partial charge in [0.05, 0.1) is 5.75 Å². The first-order valence-electron chi connectivity index (χ1n) is 6.30. The standard InChI is InChI=1S/C15H15NO4S/c1-16(9-11-5-3-2-4-6-11)13(17)10-21-14-8-7-12(20-14)15(18)19/h2-8H,9-10H2,1H3,(H,18,19). The average Bonchev–Trinajstić information content (AvgIpc) is 2.95. The van der Waals surface area contributed by atoms with E-state index >= 15 is 0 Å². The van der Waals surface area contributed by atoms with Crippen LogP contribution in [-0.4, -0.2) is 34.7 Å². The van der Waals surface area contributed by atoms with Crippen molar-refractivity contribution < 1.29 is 19.1 Å². The van der Waals surface area contributed by atoms with Crippen LogP contribution in [0.2, 0.25) is 0 Å². The summed E-state index contributed by atoms with van der Waals surface area (Å²) in [5.41, 5.74) is 1.06. The first-order valence-corrected chi connectivity index (χ1v) is 7.28. The molecule has 0 radical (unpaired) electrons. The van der Waals surface area contributed by atoms with Gasteiger partial charge in [0.25, 0.3) is 0 Å². The molecule has 6 heteroatoms.